The van der Waals surface area contributed by atoms with Gasteiger partial charge in [-0.15, -0.1) is 0 Å². The van der Waals surface area contributed by atoms with Crippen molar-refractivity contribution in [2.24, 2.45) is 0 Å². The number of nitrogens with zero attached hydrogens (tertiary/aromatic N) is 1. The Morgan fingerprint density at radius 2 is 2.25 bits per heavy atom. The standard InChI is InChI=1S/C10H12N2O4/c1-7-3-4-9(8(5-7)12(14)15)16-6-10(13)11-2/h3-5H,6H2,1-2H3,(H,11,13). The number of benzene rings is 1. The number of nitro benzene ring substituents is 1. The van der Waals surface area contributed by atoms with Crippen molar-refractivity contribution in [1.82, 2.24) is 5.32 Å². The smallest absolute Gasteiger partial charge is 0.311 e. The second-order valence-electron chi connectivity index (χ2n) is 3.19. The molecular formula is C10H12N2O4. The maximum Gasteiger partial charge on any atom is 0.311 e. The number of hydrogen-bond acceptors (Lipinski definition) is 4. The second-order valence-corrected chi connectivity index (χ2v) is 3.19. The molecule has 0 aliphatic rings. The van der Waals surface area contributed by atoms with Crippen LogP contribution in [0.3, 0.4) is 0 Å². The van der Waals surface area contributed by atoms with Crippen molar-refractivity contribution in [3.8, 4) is 5.75 Å². The topological polar surface area (TPSA) is 81.5 Å². The van der Waals surface area contributed by atoms with Gasteiger partial charge in [0, 0.05) is 13.1 Å². The normalized spacial score (nSPS) is 9.62. The SMILES string of the molecule is CNC(=O)COc1ccc(C)cc1[N+](=O)[O-]. The average Bonchev–Trinajstić information content (AvgIpc) is 2.26. The Kier molecular flexibility index (Phi) is 3.82. The van der Waals surface area contributed by atoms with Crippen LogP contribution in [0, 0.1) is 17.0 Å². The minimum Gasteiger partial charge on any atom is -0.477 e. The van der Waals surface area contributed by atoms with Gasteiger partial charge in [0.25, 0.3) is 5.91 Å². The summed E-state index contributed by atoms with van der Waals surface area (Å²) >= 11 is 0. The number of rotatable bonds is 4. The van der Waals surface area contributed by atoms with Gasteiger partial charge in [-0.2, -0.15) is 0 Å². The van der Waals surface area contributed by atoms with E-state index < -0.39 is 4.92 Å². The number of hydrogen-bond donors (Lipinski definition) is 1. The van der Waals surface area contributed by atoms with Crippen LogP contribution in [0.2, 0.25) is 0 Å². The summed E-state index contributed by atoms with van der Waals surface area (Å²) in [5, 5.41) is 13.1. The number of nitrogens with one attached hydrogen (secondary N) is 1. The van der Waals surface area contributed by atoms with E-state index in [0.29, 0.717) is 0 Å². The van der Waals surface area contributed by atoms with Crippen molar-refractivity contribution in [3.05, 3.63) is 33.9 Å². The van der Waals surface area contributed by atoms with E-state index in [9.17, 15) is 14.9 Å². The molecule has 1 rings (SSSR count). The van der Waals surface area contributed by atoms with Crippen molar-refractivity contribution in [2.45, 2.75) is 6.92 Å². The Morgan fingerprint density at radius 1 is 1.56 bits per heavy atom. The molecule has 0 saturated heterocycles. The van der Waals surface area contributed by atoms with E-state index in [4.69, 9.17) is 4.74 Å². The van der Waals surface area contributed by atoms with E-state index in [1.54, 1.807) is 13.0 Å². The second kappa shape index (κ2) is 5.11. The molecule has 0 heterocycles. The third-order valence-electron chi connectivity index (χ3n) is 1.95. The predicted octanol–water partition coefficient (Wildman–Crippen LogP) is 1.03. The first-order valence-electron chi connectivity index (χ1n) is 4.63. The lowest BCUT2D eigenvalue weighted by Crippen LogP contribution is -2.25. The summed E-state index contributed by atoms with van der Waals surface area (Å²) in [4.78, 5) is 21.1. The van der Waals surface area contributed by atoms with Crippen LogP contribution in [0.5, 0.6) is 5.75 Å². The molecular weight excluding hydrogens is 212 g/mol. The van der Waals surface area contributed by atoms with E-state index in [0.717, 1.165) is 5.56 Å². The van der Waals surface area contributed by atoms with Gasteiger partial charge in [-0.1, -0.05) is 6.07 Å². The molecule has 0 saturated carbocycles. The van der Waals surface area contributed by atoms with Gasteiger partial charge in [0.15, 0.2) is 12.4 Å². The molecule has 0 fully saturated rings. The van der Waals surface area contributed by atoms with E-state index >= 15 is 0 Å². The molecule has 0 atom stereocenters. The van der Waals surface area contributed by atoms with Crippen molar-refractivity contribution in [2.75, 3.05) is 13.7 Å². The molecule has 1 amide bonds. The molecule has 0 radical (unpaired) electrons. The van der Waals surface area contributed by atoms with E-state index in [2.05, 4.69) is 5.32 Å². The molecule has 1 aromatic carbocycles. The average molecular weight is 224 g/mol. The number of likely N-dealkylation sites (N-methyl/N-ethyl adjacent to an activating group) is 1. The zero-order valence-electron chi connectivity index (χ0n) is 9.02. The van der Waals surface area contributed by atoms with Crippen LogP contribution in [0.1, 0.15) is 5.56 Å². The van der Waals surface area contributed by atoms with Gasteiger partial charge in [-0.05, 0) is 18.6 Å². The Hall–Kier alpha value is -2.11. The number of carbonyl (C=O) groups is 1. The molecule has 6 nitrogen and oxygen atoms in total. The van der Waals surface area contributed by atoms with Crippen LogP contribution in [0.15, 0.2) is 18.2 Å². The highest BCUT2D eigenvalue weighted by atomic mass is 16.6. The van der Waals surface area contributed by atoms with Gasteiger partial charge in [0.2, 0.25) is 0 Å². The van der Waals surface area contributed by atoms with Crippen LogP contribution in [-0.4, -0.2) is 24.5 Å². The summed E-state index contributed by atoms with van der Waals surface area (Å²) in [6, 6.07) is 4.57. The van der Waals surface area contributed by atoms with Crippen LogP contribution in [0.4, 0.5) is 5.69 Å². The van der Waals surface area contributed by atoms with Crippen LogP contribution >= 0.6 is 0 Å². The molecule has 0 aliphatic heterocycles. The van der Waals surface area contributed by atoms with Crippen molar-refractivity contribution < 1.29 is 14.5 Å². The lowest BCUT2D eigenvalue weighted by atomic mass is 10.2. The van der Waals surface area contributed by atoms with E-state index in [1.165, 1.54) is 19.2 Å². The Balaban J connectivity index is 2.87. The summed E-state index contributed by atoms with van der Waals surface area (Å²) in [7, 11) is 1.47. The zero-order valence-corrected chi connectivity index (χ0v) is 9.02. The first-order valence-corrected chi connectivity index (χ1v) is 4.63. The first-order chi connectivity index (χ1) is 7.54. The molecule has 0 spiro atoms. The highest BCUT2D eigenvalue weighted by Gasteiger charge is 2.15. The third kappa shape index (κ3) is 2.94. The summed E-state index contributed by atoms with van der Waals surface area (Å²) in [6.07, 6.45) is 0. The first kappa shape index (κ1) is 12.0. The van der Waals surface area contributed by atoms with Gasteiger partial charge in [-0.25, -0.2) is 0 Å². The Morgan fingerprint density at radius 3 is 2.81 bits per heavy atom. The van der Waals surface area contributed by atoms with Gasteiger partial charge < -0.3 is 10.1 Å². The molecule has 86 valence electrons. The zero-order chi connectivity index (χ0) is 12.1. The maximum absolute atomic E-state index is 10.9. The number of amides is 1. The predicted molar refractivity (Wildman–Crippen MR) is 57.4 cm³/mol. The van der Waals surface area contributed by atoms with Crippen LogP contribution < -0.4 is 10.1 Å². The fourth-order valence-corrected chi connectivity index (χ4v) is 1.11. The monoisotopic (exact) mass is 224 g/mol. The largest absolute Gasteiger partial charge is 0.477 e. The quantitative estimate of drug-likeness (QED) is 0.611. The lowest BCUT2D eigenvalue weighted by molar-refractivity contribution is -0.385. The number of nitro groups is 1. The minimum absolute atomic E-state index is 0.0965. The summed E-state index contributed by atoms with van der Waals surface area (Å²) < 4.78 is 5.05. The number of ether oxygens (including phenoxy) is 1. The van der Waals surface area contributed by atoms with E-state index in [-0.39, 0.29) is 24.0 Å². The Bertz CT molecular complexity index is 417. The lowest BCUT2D eigenvalue weighted by Gasteiger charge is -2.06. The minimum atomic E-state index is -0.536. The molecule has 0 bridgehead atoms. The van der Waals surface area contributed by atoms with Crippen LogP contribution in [-0.2, 0) is 4.79 Å². The number of carbonyl (C=O) groups excluding carboxylic acids is 1. The van der Waals surface area contributed by atoms with Crippen LogP contribution in [0.25, 0.3) is 0 Å². The fourth-order valence-electron chi connectivity index (χ4n) is 1.11. The highest BCUT2D eigenvalue weighted by molar-refractivity contribution is 5.77. The highest BCUT2D eigenvalue weighted by Crippen LogP contribution is 2.27. The summed E-state index contributed by atoms with van der Waals surface area (Å²) in [6.45, 7) is 1.51. The van der Waals surface area contributed by atoms with Crippen molar-refractivity contribution in [1.29, 1.82) is 0 Å². The molecule has 0 aliphatic carbocycles. The molecule has 16 heavy (non-hydrogen) atoms. The molecule has 1 N–H and O–H groups in total. The Labute approximate surface area is 92.4 Å². The van der Waals surface area contributed by atoms with Crippen molar-refractivity contribution >= 4 is 11.6 Å². The van der Waals surface area contributed by atoms with Gasteiger partial charge in [0.1, 0.15) is 0 Å². The molecule has 0 unspecified atom stereocenters. The number of aryl methyl sites for hydroxylation is 1. The maximum atomic E-state index is 10.9. The van der Waals surface area contributed by atoms with Gasteiger partial charge in [-0.3, -0.25) is 14.9 Å². The third-order valence-corrected chi connectivity index (χ3v) is 1.95. The summed E-state index contributed by atoms with van der Waals surface area (Å²) in [5.41, 5.74) is 0.628. The fraction of sp³-hybridized carbons (Fsp3) is 0.300. The van der Waals surface area contributed by atoms with Gasteiger partial charge >= 0.3 is 5.69 Å². The van der Waals surface area contributed by atoms with Gasteiger partial charge in [0.05, 0.1) is 4.92 Å². The molecule has 1 aromatic rings. The van der Waals surface area contributed by atoms with Crippen molar-refractivity contribution in [3.63, 3.8) is 0 Å². The molecule has 0 aromatic heterocycles. The van der Waals surface area contributed by atoms with E-state index in [1.807, 2.05) is 0 Å². The molecule has 6 heteroatoms. The summed E-state index contributed by atoms with van der Waals surface area (Å²) in [5.74, 6) is -0.242.